The van der Waals surface area contributed by atoms with Gasteiger partial charge in [0.1, 0.15) is 5.54 Å². The summed E-state index contributed by atoms with van der Waals surface area (Å²) in [6.45, 7) is 5.65. The van der Waals surface area contributed by atoms with Crippen LogP contribution in [0.3, 0.4) is 0 Å². The Morgan fingerprint density at radius 2 is 1.94 bits per heavy atom. The van der Waals surface area contributed by atoms with E-state index >= 15 is 0 Å². The quantitative estimate of drug-likeness (QED) is 0.524. The molecule has 2 aromatic carbocycles. The van der Waals surface area contributed by atoms with Crippen LogP contribution in [0.25, 0.3) is 11.3 Å². The van der Waals surface area contributed by atoms with Crippen molar-refractivity contribution >= 4 is 11.9 Å². The summed E-state index contributed by atoms with van der Waals surface area (Å²) in [7, 11) is 0. The van der Waals surface area contributed by atoms with Gasteiger partial charge in [0, 0.05) is 5.56 Å². The minimum absolute atomic E-state index is 0.0141. The lowest BCUT2D eigenvalue weighted by Crippen LogP contribution is -2.45. The highest BCUT2D eigenvalue weighted by Gasteiger charge is 2.53. The summed E-state index contributed by atoms with van der Waals surface area (Å²) < 4.78 is 5.51. The summed E-state index contributed by atoms with van der Waals surface area (Å²) in [6.07, 6.45) is 1.93. The van der Waals surface area contributed by atoms with Gasteiger partial charge in [0.2, 0.25) is 0 Å². The fraction of sp³-hybridized carbons (Fsp3) is 0.320. The lowest BCUT2D eigenvalue weighted by Gasteiger charge is -2.31. The molecule has 1 aromatic heterocycles. The van der Waals surface area contributed by atoms with Gasteiger partial charge in [-0.3, -0.25) is 15.1 Å². The Labute approximate surface area is 187 Å². The average molecular weight is 433 g/mol. The number of aromatic nitrogens is 1. The monoisotopic (exact) mass is 432 g/mol. The Morgan fingerprint density at radius 1 is 1.19 bits per heavy atom. The molecule has 1 aliphatic rings. The van der Waals surface area contributed by atoms with Gasteiger partial charge < -0.3 is 14.8 Å². The van der Waals surface area contributed by atoms with Crippen molar-refractivity contribution in [2.45, 2.75) is 38.8 Å². The van der Waals surface area contributed by atoms with E-state index in [4.69, 9.17) is 9.83 Å². The molecule has 7 nitrogen and oxygen atoms in total. The van der Waals surface area contributed by atoms with Gasteiger partial charge in [-0.05, 0) is 36.5 Å². The largest absolute Gasteiger partial charge is 0.443 e. The Morgan fingerprint density at radius 3 is 2.56 bits per heavy atom. The van der Waals surface area contributed by atoms with Crippen LogP contribution in [0.1, 0.15) is 43.1 Å². The van der Waals surface area contributed by atoms with E-state index in [0.29, 0.717) is 17.7 Å². The molecular weight excluding hydrogens is 404 g/mol. The van der Waals surface area contributed by atoms with E-state index in [1.165, 1.54) is 11.3 Å². The molecule has 0 spiro atoms. The number of oxazole rings is 1. The first-order valence-corrected chi connectivity index (χ1v) is 10.7. The van der Waals surface area contributed by atoms with E-state index in [9.17, 15) is 9.90 Å². The summed E-state index contributed by atoms with van der Waals surface area (Å²) >= 11 is 0. The van der Waals surface area contributed by atoms with Crippen LogP contribution in [-0.4, -0.2) is 33.5 Å². The molecule has 32 heavy (non-hydrogen) atoms. The fourth-order valence-electron chi connectivity index (χ4n) is 4.51. The summed E-state index contributed by atoms with van der Waals surface area (Å²) in [4.78, 5) is 19.4. The SMILES string of the molecule is Cc1ncoc1-c1cccc([C@@H](CO)N2C(=N)NC(CC(C)C)(c3ccccc3)C2=O)c1. The van der Waals surface area contributed by atoms with Crippen LogP contribution in [0.15, 0.2) is 65.4 Å². The molecule has 1 saturated heterocycles. The van der Waals surface area contributed by atoms with Crippen molar-refractivity contribution in [1.82, 2.24) is 15.2 Å². The molecule has 0 radical (unpaired) electrons. The lowest BCUT2D eigenvalue weighted by molar-refractivity contribution is -0.134. The number of carbonyl (C=O) groups excluding carboxylic acids is 1. The van der Waals surface area contributed by atoms with Crippen LogP contribution in [0.4, 0.5) is 0 Å². The van der Waals surface area contributed by atoms with E-state index in [0.717, 1.165) is 16.8 Å². The summed E-state index contributed by atoms with van der Waals surface area (Å²) in [5.74, 6) is 0.607. The predicted octanol–water partition coefficient (Wildman–Crippen LogP) is 3.99. The summed E-state index contributed by atoms with van der Waals surface area (Å²) in [5.41, 5.74) is 2.05. The number of rotatable bonds is 7. The zero-order valence-corrected chi connectivity index (χ0v) is 18.5. The molecule has 3 aromatic rings. The molecule has 0 bridgehead atoms. The standard InChI is InChI=1S/C25H28N4O3/c1-16(2)13-25(20-10-5-4-6-11-20)23(31)29(24(26)28-25)21(14-30)18-8-7-9-19(12-18)22-17(3)27-15-32-22/h4-12,15-16,21,30H,13-14H2,1-3H3,(H2,26,28)/t21-,25?/m1/s1. The first-order valence-electron chi connectivity index (χ1n) is 10.7. The number of aryl methyl sites for hydroxylation is 1. The van der Waals surface area contributed by atoms with E-state index in [1.54, 1.807) is 0 Å². The zero-order valence-electron chi connectivity index (χ0n) is 18.5. The van der Waals surface area contributed by atoms with Crippen LogP contribution >= 0.6 is 0 Å². The maximum absolute atomic E-state index is 13.9. The predicted molar refractivity (Wildman–Crippen MR) is 122 cm³/mol. The molecule has 2 heterocycles. The number of nitrogens with one attached hydrogen (secondary N) is 2. The van der Waals surface area contributed by atoms with Crippen molar-refractivity contribution in [3.8, 4) is 11.3 Å². The number of aliphatic hydroxyl groups is 1. The molecule has 0 saturated carbocycles. The number of nitrogens with zero attached hydrogens (tertiary/aromatic N) is 2. The van der Waals surface area contributed by atoms with E-state index < -0.39 is 11.6 Å². The minimum atomic E-state index is -1.04. The van der Waals surface area contributed by atoms with Crippen LogP contribution in [0.2, 0.25) is 0 Å². The maximum atomic E-state index is 13.9. The Kier molecular flexibility index (Phi) is 5.84. The maximum Gasteiger partial charge on any atom is 0.260 e. The third-order valence-electron chi connectivity index (χ3n) is 5.90. The molecule has 1 aliphatic heterocycles. The van der Waals surface area contributed by atoms with Gasteiger partial charge >= 0.3 is 0 Å². The second kappa shape index (κ2) is 8.59. The van der Waals surface area contributed by atoms with Crippen molar-refractivity contribution < 1.29 is 14.3 Å². The van der Waals surface area contributed by atoms with E-state index in [1.807, 2.05) is 61.5 Å². The molecule has 4 rings (SSSR count). The first-order chi connectivity index (χ1) is 15.4. The molecule has 0 aliphatic carbocycles. The topological polar surface area (TPSA) is 102 Å². The second-order valence-electron chi connectivity index (χ2n) is 8.61. The van der Waals surface area contributed by atoms with Crippen LogP contribution in [0.5, 0.6) is 0 Å². The second-order valence-corrected chi connectivity index (χ2v) is 8.61. The van der Waals surface area contributed by atoms with Crippen molar-refractivity contribution in [2.24, 2.45) is 5.92 Å². The number of hydrogen-bond donors (Lipinski definition) is 3. The third-order valence-corrected chi connectivity index (χ3v) is 5.90. The molecular formula is C25H28N4O3. The number of hydrogen-bond acceptors (Lipinski definition) is 5. The number of guanidine groups is 1. The Balaban J connectivity index is 1.75. The Hall–Kier alpha value is -3.45. The smallest absolute Gasteiger partial charge is 0.260 e. The molecule has 1 amide bonds. The fourth-order valence-corrected chi connectivity index (χ4v) is 4.51. The van der Waals surface area contributed by atoms with Crippen molar-refractivity contribution in [3.63, 3.8) is 0 Å². The summed E-state index contributed by atoms with van der Waals surface area (Å²) in [6, 6.07) is 16.3. The number of carbonyl (C=O) groups is 1. The van der Waals surface area contributed by atoms with Gasteiger partial charge in [0.25, 0.3) is 5.91 Å². The highest BCUT2D eigenvalue weighted by atomic mass is 16.3. The lowest BCUT2D eigenvalue weighted by atomic mass is 9.82. The van der Waals surface area contributed by atoms with Gasteiger partial charge in [0.15, 0.2) is 18.1 Å². The van der Waals surface area contributed by atoms with Crippen LogP contribution < -0.4 is 5.32 Å². The average Bonchev–Trinajstić information content (AvgIpc) is 3.31. The first kappa shape index (κ1) is 21.8. The third kappa shape index (κ3) is 3.69. The van der Waals surface area contributed by atoms with Gasteiger partial charge in [-0.1, -0.05) is 62.4 Å². The van der Waals surface area contributed by atoms with Crippen molar-refractivity contribution in [1.29, 1.82) is 5.41 Å². The number of benzene rings is 2. The molecule has 7 heteroatoms. The molecule has 2 atom stereocenters. The van der Waals surface area contributed by atoms with Gasteiger partial charge in [-0.2, -0.15) is 0 Å². The van der Waals surface area contributed by atoms with Gasteiger partial charge in [0.05, 0.1) is 18.3 Å². The minimum Gasteiger partial charge on any atom is -0.443 e. The molecule has 1 fully saturated rings. The van der Waals surface area contributed by atoms with Gasteiger partial charge in [-0.25, -0.2) is 4.98 Å². The highest BCUT2D eigenvalue weighted by Crippen LogP contribution is 2.39. The van der Waals surface area contributed by atoms with Crippen LogP contribution in [0, 0.1) is 18.3 Å². The number of aliphatic hydroxyl groups excluding tert-OH is 1. The summed E-state index contributed by atoms with van der Waals surface area (Å²) in [5, 5.41) is 22.1. The normalized spacial score (nSPS) is 19.5. The van der Waals surface area contributed by atoms with Crippen LogP contribution in [-0.2, 0) is 10.3 Å². The number of amides is 1. The van der Waals surface area contributed by atoms with E-state index in [2.05, 4.69) is 24.1 Å². The molecule has 3 N–H and O–H groups in total. The molecule has 166 valence electrons. The zero-order chi connectivity index (χ0) is 22.9. The van der Waals surface area contributed by atoms with E-state index in [-0.39, 0.29) is 24.4 Å². The van der Waals surface area contributed by atoms with Crippen molar-refractivity contribution in [3.05, 3.63) is 77.8 Å². The molecule has 1 unspecified atom stereocenters. The van der Waals surface area contributed by atoms with Gasteiger partial charge in [-0.15, -0.1) is 0 Å². The van der Waals surface area contributed by atoms with Crippen molar-refractivity contribution in [2.75, 3.05) is 6.61 Å². The Bertz CT molecular complexity index is 1120. The highest BCUT2D eigenvalue weighted by molar-refractivity contribution is 6.08.